The SMILES string of the molecule is CCN1C[NH+](CC(=O)[O-])CN(CC)C1=S. The lowest BCUT2D eigenvalue weighted by Gasteiger charge is -2.41. The van der Waals surface area contributed by atoms with Crippen LogP contribution in [0, 0.1) is 0 Å². The van der Waals surface area contributed by atoms with E-state index in [2.05, 4.69) is 0 Å². The monoisotopic (exact) mass is 231 g/mol. The summed E-state index contributed by atoms with van der Waals surface area (Å²) in [4.78, 5) is 15.5. The summed E-state index contributed by atoms with van der Waals surface area (Å²) in [5.74, 6) is -1.01. The van der Waals surface area contributed by atoms with Gasteiger partial charge in [-0.2, -0.15) is 0 Å². The molecule has 0 radical (unpaired) electrons. The van der Waals surface area contributed by atoms with E-state index in [9.17, 15) is 9.90 Å². The molecule has 0 saturated carbocycles. The highest BCUT2D eigenvalue weighted by Crippen LogP contribution is 1.99. The lowest BCUT2D eigenvalue weighted by atomic mass is 10.4. The molecule has 6 heteroatoms. The number of carboxylic acid groups (broad SMARTS) is 1. The van der Waals surface area contributed by atoms with Gasteiger partial charge in [0.05, 0.1) is 5.97 Å². The zero-order chi connectivity index (χ0) is 11.4. The Balaban J connectivity index is 2.64. The number of nitrogens with one attached hydrogen (secondary N) is 1. The number of carbonyl (C=O) groups excluding carboxylic acids is 1. The molecule has 5 nitrogen and oxygen atoms in total. The number of aliphatic carboxylic acids is 1. The Hall–Kier alpha value is -0.880. The van der Waals surface area contributed by atoms with E-state index in [1.807, 2.05) is 23.6 Å². The third kappa shape index (κ3) is 3.04. The topological polar surface area (TPSA) is 51.1 Å². The number of hydrogen-bond donors (Lipinski definition) is 1. The number of thiocarbonyl (C=S) groups is 1. The average Bonchev–Trinajstić information content (AvgIpc) is 2.19. The van der Waals surface area contributed by atoms with Gasteiger partial charge in [-0.1, -0.05) is 0 Å². The van der Waals surface area contributed by atoms with E-state index < -0.39 is 5.97 Å². The molecule has 0 unspecified atom stereocenters. The lowest BCUT2D eigenvalue weighted by Crippen LogP contribution is -3.18. The number of rotatable bonds is 4. The summed E-state index contributed by atoms with van der Waals surface area (Å²) in [6.45, 7) is 7.00. The number of carboxylic acids is 1. The Bertz CT molecular complexity index is 244. The van der Waals surface area contributed by atoms with E-state index in [-0.39, 0.29) is 6.54 Å². The van der Waals surface area contributed by atoms with Crippen molar-refractivity contribution < 1.29 is 14.8 Å². The molecular weight excluding hydrogens is 214 g/mol. The van der Waals surface area contributed by atoms with Gasteiger partial charge in [-0.25, -0.2) is 0 Å². The van der Waals surface area contributed by atoms with Crippen LogP contribution in [0.1, 0.15) is 13.8 Å². The van der Waals surface area contributed by atoms with Gasteiger partial charge < -0.3 is 19.7 Å². The molecule has 1 aliphatic rings. The van der Waals surface area contributed by atoms with Gasteiger partial charge in [-0.05, 0) is 26.1 Å². The van der Waals surface area contributed by atoms with Crippen LogP contribution in [-0.4, -0.2) is 53.9 Å². The normalized spacial score (nSPS) is 18.4. The predicted octanol–water partition coefficient (Wildman–Crippen LogP) is -2.52. The van der Waals surface area contributed by atoms with Gasteiger partial charge in [0.2, 0.25) is 0 Å². The maximum Gasteiger partial charge on any atom is 0.180 e. The van der Waals surface area contributed by atoms with Crippen molar-refractivity contribution in [2.75, 3.05) is 33.0 Å². The molecule has 1 saturated heterocycles. The Morgan fingerprint density at radius 2 is 1.87 bits per heavy atom. The molecule has 1 aliphatic heterocycles. The smallest absolute Gasteiger partial charge is 0.180 e. The molecule has 0 aromatic carbocycles. The van der Waals surface area contributed by atoms with E-state index >= 15 is 0 Å². The van der Waals surface area contributed by atoms with Gasteiger partial charge in [0, 0.05) is 13.1 Å². The Morgan fingerprint density at radius 3 is 2.20 bits per heavy atom. The standard InChI is InChI=1S/C9H17N3O2S/c1-3-11-6-10(5-8(13)14)7-12(4-2)9(11)15/h3-7H2,1-2H3,(H,13,14). The minimum atomic E-state index is -1.01. The summed E-state index contributed by atoms with van der Waals surface area (Å²) in [5, 5.41) is 11.4. The Kier molecular flexibility index (Phi) is 4.28. The molecule has 1 fully saturated rings. The number of hydrogen-bond acceptors (Lipinski definition) is 3. The number of nitrogens with zero attached hydrogens (tertiary/aromatic N) is 2. The summed E-state index contributed by atoms with van der Waals surface area (Å²) in [6.07, 6.45) is 0. The highest BCUT2D eigenvalue weighted by molar-refractivity contribution is 7.80. The van der Waals surface area contributed by atoms with Gasteiger partial charge in [0.15, 0.2) is 18.4 Å². The molecule has 86 valence electrons. The second kappa shape index (κ2) is 5.27. The molecule has 1 rings (SSSR count). The highest BCUT2D eigenvalue weighted by atomic mass is 32.1. The van der Waals surface area contributed by atoms with Crippen molar-refractivity contribution in [2.24, 2.45) is 0 Å². The molecule has 0 spiro atoms. The minimum absolute atomic E-state index is 0.0373. The zero-order valence-electron chi connectivity index (χ0n) is 9.15. The van der Waals surface area contributed by atoms with Crippen LogP contribution in [0.4, 0.5) is 0 Å². The summed E-state index contributed by atoms with van der Waals surface area (Å²) in [7, 11) is 0. The maximum absolute atomic E-state index is 10.5. The van der Waals surface area contributed by atoms with E-state index in [1.165, 1.54) is 0 Å². The van der Waals surface area contributed by atoms with Gasteiger partial charge in [0.25, 0.3) is 0 Å². The molecule has 1 N–H and O–H groups in total. The van der Waals surface area contributed by atoms with Crippen molar-refractivity contribution in [1.82, 2.24) is 9.80 Å². The Labute approximate surface area is 95.2 Å². The van der Waals surface area contributed by atoms with E-state index in [0.29, 0.717) is 13.3 Å². The Morgan fingerprint density at radius 1 is 1.40 bits per heavy atom. The van der Waals surface area contributed by atoms with Crippen LogP contribution in [0.25, 0.3) is 0 Å². The van der Waals surface area contributed by atoms with Crippen LogP contribution >= 0.6 is 12.2 Å². The average molecular weight is 231 g/mol. The van der Waals surface area contributed by atoms with Crippen molar-refractivity contribution >= 4 is 23.3 Å². The van der Waals surface area contributed by atoms with Crippen molar-refractivity contribution in [3.63, 3.8) is 0 Å². The van der Waals surface area contributed by atoms with Gasteiger partial charge >= 0.3 is 0 Å². The van der Waals surface area contributed by atoms with Crippen LogP contribution in [0.2, 0.25) is 0 Å². The maximum atomic E-state index is 10.5. The molecule has 0 bridgehead atoms. The summed E-state index contributed by atoms with van der Waals surface area (Å²) in [6, 6.07) is 0. The zero-order valence-corrected chi connectivity index (χ0v) is 9.97. The number of quaternary nitrogens is 1. The van der Waals surface area contributed by atoms with Crippen LogP contribution in [-0.2, 0) is 4.79 Å². The van der Waals surface area contributed by atoms with Crippen molar-refractivity contribution in [3.8, 4) is 0 Å². The second-order valence-corrected chi connectivity index (χ2v) is 3.97. The van der Waals surface area contributed by atoms with Gasteiger partial charge in [-0.15, -0.1) is 0 Å². The summed E-state index contributed by atoms with van der Waals surface area (Å²) >= 11 is 5.29. The van der Waals surface area contributed by atoms with E-state index in [1.54, 1.807) is 0 Å². The number of carbonyl (C=O) groups is 1. The van der Waals surface area contributed by atoms with Crippen LogP contribution in [0.15, 0.2) is 0 Å². The summed E-state index contributed by atoms with van der Waals surface area (Å²) in [5.41, 5.74) is 0. The fraction of sp³-hybridized carbons (Fsp3) is 0.778. The van der Waals surface area contributed by atoms with E-state index in [0.717, 1.165) is 23.1 Å². The third-order valence-electron chi connectivity index (χ3n) is 2.53. The first kappa shape index (κ1) is 12.2. The van der Waals surface area contributed by atoms with Crippen LogP contribution in [0.5, 0.6) is 0 Å². The molecule has 0 aromatic heterocycles. The quantitative estimate of drug-likeness (QED) is 0.541. The van der Waals surface area contributed by atoms with Gasteiger partial charge in [-0.3, -0.25) is 4.90 Å². The minimum Gasteiger partial charge on any atom is -0.544 e. The molecule has 15 heavy (non-hydrogen) atoms. The summed E-state index contributed by atoms with van der Waals surface area (Å²) < 4.78 is 0. The first-order chi connectivity index (χ1) is 7.08. The third-order valence-corrected chi connectivity index (χ3v) is 3.04. The first-order valence-electron chi connectivity index (χ1n) is 5.15. The van der Waals surface area contributed by atoms with Crippen molar-refractivity contribution in [1.29, 1.82) is 0 Å². The molecule has 0 aromatic rings. The fourth-order valence-corrected chi connectivity index (χ4v) is 2.12. The highest BCUT2D eigenvalue weighted by Gasteiger charge is 2.27. The molecule has 0 aliphatic carbocycles. The first-order valence-corrected chi connectivity index (χ1v) is 5.56. The van der Waals surface area contributed by atoms with Crippen LogP contribution < -0.4 is 10.0 Å². The second-order valence-electron chi connectivity index (χ2n) is 3.61. The largest absolute Gasteiger partial charge is 0.544 e. The molecule has 1 heterocycles. The predicted molar refractivity (Wildman–Crippen MR) is 57.9 cm³/mol. The van der Waals surface area contributed by atoms with Crippen molar-refractivity contribution in [2.45, 2.75) is 13.8 Å². The van der Waals surface area contributed by atoms with Crippen LogP contribution in [0.3, 0.4) is 0 Å². The van der Waals surface area contributed by atoms with Crippen molar-refractivity contribution in [3.05, 3.63) is 0 Å². The molecular formula is C9H17N3O2S. The van der Waals surface area contributed by atoms with E-state index in [4.69, 9.17) is 12.2 Å². The molecule has 0 amide bonds. The van der Waals surface area contributed by atoms with Gasteiger partial charge in [0.1, 0.15) is 6.54 Å². The molecule has 0 atom stereocenters. The lowest BCUT2D eigenvalue weighted by molar-refractivity contribution is -0.916. The fourth-order valence-electron chi connectivity index (χ4n) is 1.74.